The molecule has 6 heteroatoms. The van der Waals surface area contributed by atoms with Crippen LogP contribution in [0.4, 0.5) is 5.69 Å². The molecule has 25 heavy (non-hydrogen) atoms. The highest BCUT2D eigenvalue weighted by atomic mass is 16.5. The minimum atomic E-state index is -0.610. The maximum absolute atomic E-state index is 12.6. The number of rotatable bonds is 4. The number of para-hydroxylation sites is 2. The van der Waals surface area contributed by atoms with E-state index in [1.54, 1.807) is 7.05 Å². The van der Waals surface area contributed by atoms with Crippen molar-refractivity contribution in [3.05, 3.63) is 24.3 Å². The fraction of sp³-hybridized carbons (Fsp3) is 0.579. The van der Waals surface area contributed by atoms with Crippen molar-refractivity contribution in [2.24, 2.45) is 5.92 Å². The van der Waals surface area contributed by atoms with Crippen LogP contribution >= 0.6 is 0 Å². The van der Waals surface area contributed by atoms with E-state index in [4.69, 9.17) is 4.74 Å². The second-order valence-corrected chi connectivity index (χ2v) is 7.00. The number of likely N-dealkylation sites (N-methyl/N-ethyl adjacent to an activating group) is 1. The van der Waals surface area contributed by atoms with Gasteiger partial charge in [-0.25, -0.2) is 0 Å². The van der Waals surface area contributed by atoms with E-state index in [9.17, 15) is 9.59 Å². The van der Waals surface area contributed by atoms with Crippen molar-refractivity contribution in [3.63, 3.8) is 0 Å². The summed E-state index contributed by atoms with van der Waals surface area (Å²) in [6.07, 6.45) is 4.03. The number of hydrogen-bond donors (Lipinski definition) is 2. The van der Waals surface area contributed by atoms with Gasteiger partial charge in [-0.1, -0.05) is 31.9 Å². The van der Waals surface area contributed by atoms with Crippen LogP contribution in [0.25, 0.3) is 0 Å². The molecule has 0 radical (unpaired) electrons. The smallest absolute Gasteiger partial charge is 0.262 e. The number of amides is 2. The Labute approximate surface area is 148 Å². The van der Waals surface area contributed by atoms with Crippen LogP contribution in [-0.2, 0) is 9.59 Å². The van der Waals surface area contributed by atoms with Crippen molar-refractivity contribution >= 4 is 17.5 Å². The number of carbonyl (C=O) groups is 2. The Morgan fingerprint density at radius 1 is 1.24 bits per heavy atom. The molecule has 0 spiro atoms. The zero-order valence-corrected chi connectivity index (χ0v) is 15.0. The highest BCUT2D eigenvalue weighted by Crippen LogP contribution is 2.33. The first-order valence-electron chi connectivity index (χ1n) is 9.10. The summed E-state index contributed by atoms with van der Waals surface area (Å²) >= 11 is 0. The number of benzene rings is 1. The Kier molecular flexibility index (Phi) is 5.46. The molecule has 1 heterocycles. The third-order valence-corrected chi connectivity index (χ3v) is 5.19. The lowest BCUT2D eigenvalue weighted by Crippen LogP contribution is -2.52. The average Bonchev–Trinajstić information content (AvgIpc) is 2.62. The van der Waals surface area contributed by atoms with Crippen molar-refractivity contribution in [1.82, 2.24) is 10.6 Å². The molecule has 6 nitrogen and oxygen atoms in total. The number of anilines is 1. The molecule has 1 saturated carbocycles. The molecule has 0 unspecified atom stereocenters. The van der Waals surface area contributed by atoms with Crippen LogP contribution in [-0.4, -0.2) is 44.1 Å². The van der Waals surface area contributed by atoms with Crippen LogP contribution in [0, 0.1) is 5.92 Å². The van der Waals surface area contributed by atoms with Gasteiger partial charge in [-0.2, -0.15) is 0 Å². The zero-order chi connectivity index (χ0) is 17.8. The Hall–Kier alpha value is -2.24. The van der Waals surface area contributed by atoms with Gasteiger partial charge >= 0.3 is 0 Å². The minimum Gasteiger partial charge on any atom is -0.477 e. The summed E-state index contributed by atoms with van der Waals surface area (Å²) in [6, 6.07) is 7.79. The monoisotopic (exact) mass is 345 g/mol. The number of hydrogen-bond acceptors (Lipinski definition) is 4. The molecule has 1 aliphatic heterocycles. The largest absolute Gasteiger partial charge is 0.477 e. The van der Waals surface area contributed by atoms with E-state index in [1.165, 1.54) is 19.3 Å². The predicted molar refractivity (Wildman–Crippen MR) is 96.7 cm³/mol. The summed E-state index contributed by atoms with van der Waals surface area (Å²) < 4.78 is 5.78. The first-order valence-corrected chi connectivity index (χ1v) is 9.10. The first kappa shape index (κ1) is 17.6. The minimum absolute atomic E-state index is 0.00566. The van der Waals surface area contributed by atoms with E-state index in [0.717, 1.165) is 12.1 Å². The second kappa shape index (κ2) is 7.76. The predicted octanol–water partition coefficient (Wildman–Crippen LogP) is 1.69. The summed E-state index contributed by atoms with van der Waals surface area (Å²) in [5, 5.41) is 5.80. The van der Waals surface area contributed by atoms with Gasteiger partial charge in [0.1, 0.15) is 5.75 Å². The lowest BCUT2D eigenvalue weighted by atomic mass is 9.86. The van der Waals surface area contributed by atoms with Crippen molar-refractivity contribution in [2.45, 2.75) is 44.8 Å². The number of nitrogens with one attached hydrogen (secondary N) is 2. The van der Waals surface area contributed by atoms with E-state index in [0.29, 0.717) is 18.2 Å². The number of carbonyl (C=O) groups excluding carboxylic acids is 2. The van der Waals surface area contributed by atoms with Crippen LogP contribution in [0.1, 0.15) is 32.6 Å². The van der Waals surface area contributed by atoms with Gasteiger partial charge in [-0.05, 0) is 30.9 Å². The Morgan fingerprint density at radius 2 is 2.00 bits per heavy atom. The lowest BCUT2D eigenvalue weighted by Gasteiger charge is -2.36. The van der Waals surface area contributed by atoms with Crippen LogP contribution < -0.4 is 20.3 Å². The van der Waals surface area contributed by atoms with Gasteiger partial charge in [0, 0.05) is 13.1 Å². The van der Waals surface area contributed by atoms with Gasteiger partial charge in [0.15, 0.2) is 6.10 Å². The highest BCUT2D eigenvalue weighted by Gasteiger charge is 2.31. The van der Waals surface area contributed by atoms with Crippen LogP contribution in [0.2, 0.25) is 0 Å². The van der Waals surface area contributed by atoms with Gasteiger partial charge in [0.25, 0.3) is 5.91 Å². The fourth-order valence-corrected chi connectivity index (χ4v) is 3.71. The molecule has 1 aromatic rings. The highest BCUT2D eigenvalue weighted by molar-refractivity contribution is 5.86. The molecule has 0 aromatic heterocycles. The number of fused-ring (bicyclic) bond motifs is 1. The van der Waals surface area contributed by atoms with E-state index in [-0.39, 0.29) is 24.4 Å². The molecule has 3 rings (SSSR count). The molecule has 1 aliphatic carbocycles. The van der Waals surface area contributed by atoms with Crippen molar-refractivity contribution in [2.75, 3.05) is 25.0 Å². The van der Waals surface area contributed by atoms with Crippen molar-refractivity contribution in [3.8, 4) is 5.75 Å². The molecular weight excluding hydrogens is 318 g/mol. The van der Waals surface area contributed by atoms with Crippen molar-refractivity contribution in [1.29, 1.82) is 0 Å². The van der Waals surface area contributed by atoms with E-state index in [1.807, 2.05) is 29.2 Å². The van der Waals surface area contributed by atoms with Gasteiger partial charge < -0.3 is 20.3 Å². The van der Waals surface area contributed by atoms with Gasteiger partial charge in [0.2, 0.25) is 5.91 Å². The Bertz CT molecular complexity index is 634. The molecule has 1 aromatic carbocycles. The normalized spacial score (nSPS) is 25.5. The molecule has 2 amide bonds. The molecule has 0 saturated heterocycles. The molecule has 136 valence electrons. The molecule has 3 atom stereocenters. The van der Waals surface area contributed by atoms with Gasteiger partial charge in [0.05, 0.1) is 18.8 Å². The number of nitrogens with zero attached hydrogens (tertiary/aromatic N) is 1. The average molecular weight is 345 g/mol. The van der Waals surface area contributed by atoms with Crippen LogP contribution in [0.3, 0.4) is 0 Å². The zero-order valence-electron chi connectivity index (χ0n) is 15.0. The summed E-state index contributed by atoms with van der Waals surface area (Å²) in [4.78, 5) is 26.5. The lowest BCUT2D eigenvalue weighted by molar-refractivity contribution is -0.128. The maximum atomic E-state index is 12.6. The molecule has 2 aliphatic rings. The van der Waals surface area contributed by atoms with E-state index < -0.39 is 6.10 Å². The standard InChI is InChI=1S/C19H27N3O3/c1-13-7-3-4-8-14(13)21-18(23)12-22-11-17(19(24)20-2)25-16-10-6-5-9-15(16)22/h5-6,9-10,13-14,17H,3-4,7-8,11-12H2,1-2H3,(H,20,24)(H,21,23)/t13-,14+,17+/m1/s1. The molecule has 2 N–H and O–H groups in total. The fourth-order valence-electron chi connectivity index (χ4n) is 3.71. The third-order valence-electron chi connectivity index (χ3n) is 5.19. The third kappa shape index (κ3) is 4.06. The summed E-state index contributed by atoms with van der Waals surface area (Å²) in [5.74, 6) is 0.987. The molecule has 1 fully saturated rings. The number of ether oxygens (including phenoxy) is 1. The van der Waals surface area contributed by atoms with E-state index >= 15 is 0 Å². The van der Waals surface area contributed by atoms with Crippen molar-refractivity contribution < 1.29 is 14.3 Å². The second-order valence-electron chi connectivity index (χ2n) is 7.00. The van der Waals surface area contributed by atoms with Gasteiger partial charge in [-0.3, -0.25) is 9.59 Å². The van der Waals surface area contributed by atoms with Crippen LogP contribution in [0.15, 0.2) is 24.3 Å². The van der Waals surface area contributed by atoms with E-state index in [2.05, 4.69) is 17.6 Å². The molecular formula is C19H27N3O3. The Morgan fingerprint density at radius 3 is 2.76 bits per heavy atom. The first-order chi connectivity index (χ1) is 12.1. The molecule has 0 bridgehead atoms. The SMILES string of the molecule is CNC(=O)[C@@H]1CN(CC(=O)N[C@H]2CCCC[C@H]2C)c2ccccc2O1. The quantitative estimate of drug-likeness (QED) is 0.871. The topological polar surface area (TPSA) is 70.7 Å². The maximum Gasteiger partial charge on any atom is 0.262 e. The summed E-state index contributed by atoms with van der Waals surface area (Å²) in [6.45, 7) is 2.80. The Balaban J connectivity index is 1.69. The summed E-state index contributed by atoms with van der Waals surface area (Å²) in [5.41, 5.74) is 0.856. The van der Waals surface area contributed by atoms with Crippen LogP contribution in [0.5, 0.6) is 5.75 Å². The summed E-state index contributed by atoms with van der Waals surface area (Å²) in [7, 11) is 1.59. The van der Waals surface area contributed by atoms with Gasteiger partial charge in [-0.15, -0.1) is 0 Å².